The molecule has 0 fully saturated rings. The Hall–Kier alpha value is -2.12. The Morgan fingerprint density at radius 3 is 2.57 bits per heavy atom. The molecule has 28 heavy (non-hydrogen) atoms. The second kappa shape index (κ2) is 8.92. The van der Waals surface area contributed by atoms with Crippen LogP contribution >= 0.6 is 39.9 Å². The van der Waals surface area contributed by atoms with E-state index in [1.165, 1.54) is 11.3 Å². The molecule has 3 rings (SSSR count). The molecule has 142 valence electrons. The Morgan fingerprint density at radius 1 is 1.18 bits per heavy atom. The van der Waals surface area contributed by atoms with E-state index in [-0.39, 0.29) is 5.91 Å². The Labute approximate surface area is 182 Å². The topological polar surface area (TPSA) is 49.3 Å². The van der Waals surface area contributed by atoms with Crippen molar-refractivity contribution in [1.82, 2.24) is 0 Å². The average Bonchev–Trinajstić information content (AvgIpc) is 3.25. The molecule has 0 spiro atoms. The Bertz CT molecular complexity index is 1020. The smallest absolute Gasteiger partial charge is 0.255 e. The molecular formula is C22H18BrNO2S2. The van der Waals surface area contributed by atoms with E-state index in [0.29, 0.717) is 26.6 Å². The van der Waals surface area contributed by atoms with Gasteiger partial charge in [0.15, 0.2) is 5.60 Å². The lowest BCUT2D eigenvalue weighted by Crippen LogP contribution is -2.29. The average molecular weight is 472 g/mol. The predicted molar refractivity (Wildman–Crippen MR) is 123 cm³/mol. The number of nitrogens with one attached hydrogen (secondary N) is 1. The molecule has 0 radical (unpaired) electrons. The summed E-state index contributed by atoms with van der Waals surface area (Å²) >= 11 is 9.42. The molecule has 0 saturated carbocycles. The summed E-state index contributed by atoms with van der Waals surface area (Å²) in [7, 11) is 0. The maximum absolute atomic E-state index is 12.7. The van der Waals surface area contributed by atoms with Crippen molar-refractivity contribution < 1.29 is 9.90 Å². The lowest BCUT2D eigenvalue weighted by Gasteiger charge is -2.30. The van der Waals surface area contributed by atoms with Crippen molar-refractivity contribution in [3.05, 3.63) is 110 Å². The third-order valence-electron chi connectivity index (χ3n) is 4.18. The molecule has 1 atom stereocenters. The van der Waals surface area contributed by atoms with Crippen molar-refractivity contribution in [3.8, 4) is 0 Å². The number of carbonyl (C=O) groups excluding carboxylic acids is 1. The van der Waals surface area contributed by atoms with Crippen LogP contribution in [-0.2, 0) is 5.60 Å². The minimum Gasteiger partial charge on any atom is -0.375 e. The van der Waals surface area contributed by atoms with Gasteiger partial charge in [-0.25, -0.2) is 0 Å². The third-order valence-corrected chi connectivity index (χ3v) is 6.12. The zero-order valence-corrected chi connectivity index (χ0v) is 18.1. The molecule has 3 aromatic rings. The van der Waals surface area contributed by atoms with E-state index in [0.717, 1.165) is 4.47 Å². The number of anilines is 1. The van der Waals surface area contributed by atoms with Crippen LogP contribution in [0.1, 0.15) is 20.8 Å². The fraction of sp³-hybridized carbons (Fsp3) is 0.0455. The number of amides is 1. The molecule has 2 aromatic carbocycles. The molecule has 1 heterocycles. The van der Waals surface area contributed by atoms with Gasteiger partial charge >= 0.3 is 0 Å². The van der Waals surface area contributed by atoms with Gasteiger partial charge in [-0.2, -0.15) is 0 Å². The number of hydrogen-bond acceptors (Lipinski definition) is 4. The van der Waals surface area contributed by atoms with Gasteiger partial charge in [-0.3, -0.25) is 4.79 Å². The maximum Gasteiger partial charge on any atom is 0.255 e. The number of thiophene rings is 1. The first-order valence-electron chi connectivity index (χ1n) is 8.41. The van der Waals surface area contributed by atoms with Crippen LogP contribution in [0.4, 0.5) is 5.69 Å². The van der Waals surface area contributed by atoms with Gasteiger partial charge in [0.1, 0.15) is 0 Å². The van der Waals surface area contributed by atoms with E-state index in [2.05, 4.69) is 40.5 Å². The summed E-state index contributed by atoms with van der Waals surface area (Å²) in [5, 5.41) is 16.6. The van der Waals surface area contributed by atoms with Crippen molar-refractivity contribution in [2.24, 2.45) is 0 Å². The van der Waals surface area contributed by atoms with Crippen LogP contribution in [0, 0.1) is 0 Å². The zero-order valence-electron chi connectivity index (χ0n) is 14.8. The molecular weight excluding hydrogens is 454 g/mol. The Morgan fingerprint density at radius 2 is 1.93 bits per heavy atom. The fourth-order valence-electron chi connectivity index (χ4n) is 2.82. The first-order valence-corrected chi connectivity index (χ1v) is 10.5. The molecule has 1 amide bonds. The summed E-state index contributed by atoms with van der Waals surface area (Å²) in [6.45, 7) is 3.71. The quantitative estimate of drug-likeness (QED) is 0.305. The summed E-state index contributed by atoms with van der Waals surface area (Å²) < 4.78 is 0.773. The minimum absolute atomic E-state index is 0.258. The highest BCUT2D eigenvalue weighted by Crippen LogP contribution is 2.44. The second-order valence-corrected chi connectivity index (χ2v) is 8.33. The summed E-state index contributed by atoms with van der Waals surface area (Å²) in [5.41, 5.74) is 0.00611. The predicted octanol–water partition coefficient (Wildman–Crippen LogP) is 6.00. The number of rotatable bonds is 6. The molecule has 1 aromatic heterocycles. The van der Waals surface area contributed by atoms with Crippen molar-refractivity contribution >= 4 is 51.5 Å². The lowest BCUT2D eigenvalue weighted by atomic mass is 9.89. The van der Waals surface area contributed by atoms with Gasteiger partial charge in [-0.1, -0.05) is 52.9 Å². The monoisotopic (exact) mass is 471 g/mol. The number of aliphatic hydroxyl groups is 1. The molecule has 0 aliphatic carbocycles. The Balaban J connectivity index is 2.14. The zero-order chi connectivity index (χ0) is 20.1. The maximum atomic E-state index is 12.7. The number of benzene rings is 2. The summed E-state index contributed by atoms with van der Waals surface area (Å²) in [5.74, 6) is -0.258. The molecule has 0 aliphatic rings. The van der Waals surface area contributed by atoms with Crippen LogP contribution in [0.15, 0.2) is 94.2 Å². The van der Waals surface area contributed by atoms with E-state index >= 15 is 0 Å². The summed E-state index contributed by atoms with van der Waals surface area (Å²) in [4.78, 5) is 13.8. The Kier molecular flexibility index (Phi) is 6.57. The molecule has 2 N–H and O–H groups in total. The summed E-state index contributed by atoms with van der Waals surface area (Å²) in [6, 6.07) is 18.0. The molecule has 1 unspecified atom stereocenters. The second-order valence-electron chi connectivity index (χ2n) is 5.99. The number of carbonyl (C=O) groups is 1. The van der Waals surface area contributed by atoms with E-state index in [1.54, 1.807) is 48.6 Å². The van der Waals surface area contributed by atoms with Gasteiger partial charge < -0.3 is 10.4 Å². The van der Waals surface area contributed by atoms with Crippen molar-refractivity contribution in [2.75, 3.05) is 5.32 Å². The first kappa shape index (κ1) is 20.6. The van der Waals surface area contributed by atoms with Crippen LogP contribution < -0.4 is 5.32 Å². The number of halogens is 1. The normalized spacial score (nSPS) is 13.6. The minimum atomic E-state index is -1.53. The van der Waals surface area contributed by atoms with E-state index in [1.807, 2.05) is 29.6 Å². The molecule has 0 bridgehead atoms. The van der Waals surface area contributed by atoms with Gasteiger partial charge in [0.25, 0.3) is 5.91 Å². The van der Waals surface area contributed by atoms with Crippen LogP contribution in [0.3, 0.4) is 0 Å². The van der Waals surface area contributed by atoms with Gasteiger partial charge in [0.2, 0.25) is 0 Å². The standard InChI is InChI=1S/C22H18BrNO2S2/c1-2-7-19(27)22(26,20-10-6-13-28-20)17-14-16(23)11-12-18(17)24-21(25)15-8-4-3-5-9-15/h2-14,26-27H,1H2,(H,24,25)/b19-7-. The highest BCUT2D eigenvalue weighted by Gasteiger charge is 2.38. The van der Waals surface area contributed by atoms with E-state index < -0.39 is 5.60 Å². The van der Waals surface area contributed by atoms with Gasteiger partial charge in [-0.15, -0.1) is 24.0 Å². The highest BCUT2D eigenvalue weighted by molar-refractivity contribution is 9.10. The van der Waals surface area contributed by atoms with Crippen LogP contribution in [0.5, 0.6) is 0 Å². The SMILES string of the molecule is C=C/C=C(\S)C(O)(c1cccs1)c1cc(Br)ccc1NC(=O)c1ccccc1. The summed E-state index contributed by atoms with van der Waals surface area (Å²) in [6.07, 6.45) is 3.22. The lowest BCUT2D eigenvalue weighted by molar-refractivity contribution is 0.102. The molecule has 0 saturated heterocycles. The third kappa shape index (κ3) is 4.15. The van der Waals surface area contributed by atoms with Gasteiger partial charge in [0.05, 0.1) is 0 Å². The van der Waals surface area contributed by atoms with Gasteiger partial charge in [-0.05, 0) is 47.9 Å². The molecule has 0 aliphatic heterocycles. The van der Waals surface area contributed by atoms with Crippen molar-refractivity contribution in [3.63, 3.8) is 0 Å². The van der Waals surface area contributed by atoms with E-state index in [9.17, 15) is 9.90 Å². The number of allylic oxidation sites excluding steroid dienone is 2. The van der Waals surface area contributed by atoms with Gasteiger partial charge in [0, 0.05) is 31.1 Å². The first-order chi connectivity index (χ1) is 13.5. The molecule has 6 heteroatoms. The van der Waals surface area contributed by atoms with Crippen LogP contribution in [0.2, 0.25) is 0 Å². The fourth-order valence-corrected chi connectivity index (χ4v) is 4.46. The number of hydrogen-bond donors (Lipinski definition) is 3. The van der Waals surface area contributed by atoms with Crippen LogP contribution in [0.25, 0.3) is 0 Å². The van der Waals surface area contributed by atoms with Crippen molar-refractivity contribution in [2.45, 2.75) is 5.60 Å². The van der Waals surface area contributed by atoms with Crippen LogP contribution in [-0.4, -0.2) is 11.0 Å². The highest BCUT2D eigenvalue weighted by atomic mass is 79.9. The van der Waals surface area contributed by atoms with E-state index in [4.69, 9.17) is 0 Å². The molecule has 3 nitrogen and oxygen atoms in total. The largest absolute Gasteiger partial charge is 0.375 e. The van der Waals surface area contributed by atoms with Crippen molar-refractivity contribution in [1.29, 1.82) is 0 Å². The number of thiol groups is 1.